The summed E-state index contributed by atoms with van der Waals surface area (Å²) in [5.74, 6) is -0.459. The Morgan fingerprint density at radius 2 is 2.39 bits per heavy atom. The van der Waals surface area contributed by atoms with Crippen molar-refractivity contribution in [3.8, 4) is 0 Å². The van der Waals surface area contributed by atoms with Crippen LogP contribution in [0.5, 0.6) is 0 Å². The fourth-order valence-electron chi connectivity index (χ4n) is 1.26. The van der Waals surface area contributed by atoms with Gasteiger partial charge in [0.2, 0.25) is 0 Å². The standard InChI is InChI=1S/C9H7ClN4O3S/c1-4-5(3-11-13-4)12-9(15)7-2-6(14(16)17)8(10)18-7/h2-3H,1H3,(H,11,13)(H,12,15). The van der Waals surface area contributed by atoms with Crippen molar-refractivity contribution in [2.45, 2.75) is 6.92 Å². The van der Waals surface area contributed by atoms with E-state index in [0.29, 0.717) is 11.4 Å². The van der Waals surface area contributed by atoms with Gasteiger partial charge in [-0.15, -0.1) is 11.3 Å². The molecule has 7 nitrogen and oxygen atoms in total. The summed E-state index contributed by atoms with van der Waals surface area (Å²) in [5.41, 5.74) is 0.948. The molecule has 0 radical (unpaired) electrons. The van der Waals surface area contributed by atoms with Crippen LogP contribution in [0.15, 0.2) is 12.3 Å². The van der Waals surface area contributed by atoms with Crippen molar-refractivity contribution in [1.29, 1.82) is 0 Å². The lowest BCUT2D eigenvalue weighted by atomic mass is 10.3. The van der Waals surface area contributed by atoms with E-state index in [1.54, 1.807) is 6.92 Å². The fourth-order valence-corrected chi connectivity index (χ4v) is 2.37. The number of anilines is 1. The largest absolute Gasteiger partial charge is 0.318 e. The van der Waals surface area contributed by atoms with Gasteiger partial charge >= 0.3 is 0 Å². The number of rotatable bonds is 3. The summed E-state index contributed by atoms with van der Waals surface area (Å²) in [7, 11) is 0. The van der Waals surface area contributed by atoms with Gasteiger partial charge in [-0.25, -0.2) is 0 Å². The van der Waals surface area contributed by atoms with Crippen molar-refractivity contribution >= 4 is 40.2 Å². The zero-order chi connectivity index (χ0) is 13.3. The third-order valence-corrected chi connectivity index (χ3v) is 3.50. The molecule has 0 saturated carbocycles. The van der Waals surface area contributed by atoms with E-state index in [4.69, 9.17) is 11.6 Å². The maximum absolute atomic E-state index is 11.8. The van der Waals surface area contributed by atoms with E-state index < -0.39 is 10.8 Å². The van der Waals surface area contributed by atoms with E-state index in [9.17, 15) is 14.9 Å². The molecular formula is C9H7ClN4O3S. The second kappa shape index (κ2) is 4.75. The SMILES string of the molecule is Cc1[nH]ncc1NC(=O)c1cc([N+](=O)[O-])c(Cl)s1. The number of aromatic amines is 1. The molecule has 0 aromatic carbocycles. The molecule has 2 heterocycles. The summed E-state index contributed by atoms with van der Waals surface area (Å²) in [4.78, 5) is 22.0. The molecule has 0 unspecified atom stereocenters. The number of aromatic nitrogens is 2. The number of nitrogens with one attached hydrogen (secondary N) is 2. The Kier molecular flexibility index (Phi) is 3.30. The highest BCUT2D eigenvalue weighted by atomic mass is 35.5. The second-order valence-corrected chi connectivity index (χ2v) is 5.04. The Hall–Kier alpha value is -1.93. The highest BCUT2D eigenvalue weighted by Gasteiger charge is 2.21. The van der Waals surface area contributed by atoms with Crippen molar-refractivity contribution in [2.24, 2.45) is 0 Å². The molecule has 9 heteroatoms. The van der Waals surface area contributed by atoms with Crippen LogP contribution in [0, 0.1) is 17.0 Å². The van der Waals surface area contributed by atoms with Gasteiger partial charge in [0.15, 0.2) is 4.34 Å². The number of amides is 1. The number of carbonyl (C=O) groups excluding carboxylic acids is 1. The van der Waals surface area contributed by atoms with Crippen LogP contribution < -0.4 is 5.32 Å². The van der Waals surface area contributed by atoms with Gasteiger partial charge < -0.3 is 5.32 Å². The molecule has 1 amide bonds. The van der Waals surface area contributed by atoms with Crippen LogP contribution in [-0.2, 0) is 0 Å². The Balaban J connectivity index is 2.22. The van der Waals surface area contributed by atoms with E-state index in [1.807, 2.05) is 0 Å². The van der Waals surface area contributed by atoms with Gasteiger partial charge in [-0.3, -0.25) is 20.0 Å². The van der Waals surface area contributed by atoms with Gasteiger partial charge in [0.25, 0.3) is 11.6 Å². The third kappa shape index (κ3) is 2.34. The van der Waals surface area contributed by atoms with Crippen molar-refractivity contribution in [1.82, 2.24) is 10.2 Å². The minimum absolute atomic E-state index is 0.0194. The highest BCUT2D eigenvalue weighted by molar-refractivity contribution is 7.18. The van der Waals surface area contributed by atoms with Crippen molar-refractivity contribution in [2.75, 3.05) is 5.32 Å². The average Bonchev–Trinajstić information content (AvgIpc) is 2.86. The predicted molar refractivity (Wildman–Crippen MR) is 67.3 cm³/mol. The van der Waals surface area contributed by atoms with Gasteiger partial charge in [-0.2, -0.15) is 5.10 Å². The smallest absolute Gasteiger partial charge is 0.299 e. The van der Waals surface area contributed by atoms with E-state index in [-0.39, 0.29) is 14.9 Å². The molecule has 2 rings (SSSR count). The van der Waals surface area contributed by atoms with Crippen LogP contribution in [0.2, 0.25) is 4.34 Å². The van der Waals surface area contributed by atoms with Crippen LogP contribution in [-0.4, -0.2) is 21.0 Å². The van der Waals surface area contributed by atoms with Crippen molar-refractivity contribution in [3.63, 3.8) is 0 Å². The van der Waals surface area contributed by atoms with Crippen LogP contribution in [0.1, 0.15) is 15.4 Å². The molecule has 18 heavy (non-hydrogen) atoms. The Bertz CT molecular complexity index is 621. The Labute approximate surface area is 110 Å². The van der Waals surface area contributed by atoms with E-state index in [1.165, 1.54) is 6.20 Å². The van der Waals surface area contributed by atoms with E-state index in [2.05, 4.69) is 15.5 Å². The van der Waals surface area contributed by atoms with Crippen LogP contribution in [0.4, 0.5) is 11.4 Å². The number of aryl methyl sites for hydroxylation is 1. The summed E-state index contributed by atoms with van der Waals surface area (Å²) in [6.45, 7) is 1.74. The van der Waals surface area contributed by atoms with Gasteiger partial charge in [0.1, 0.15) is 4.88 Å². The summed E-state index contributed by atoms with van der Waals surface area (Å²) in [5, 5.41) is 19.6. The topological polar surface area (TPSA) is 101 Å². The molecule has 0 spiro atoms. The third-order valence-electron chi connectivity index (χ3n) is 2.17. The average molecular weight is 287 g/mol. The highest BCUT2D eigenvalue weighted by Crippen LogP contribution is 2.34. The first-order chi connectivity index (χ1) is 8.49. The molecule has 2 aromatic rings. The summed E-state index contributed by atoms with van der Waals surface area (Å²) >= 11 is 6.54. The molecule has 0 bridgehead atoms. The van der Waals surface area contributed by atoms with Gasteiger partial charge in [-0.1, -0.05) is 11.6 Å². The van der Waals surface area contributed by atoms with E-state index >= 15 is 0 Å². The Morgan fingerprint density at radius 3 is 2.89 bits per heavy atom. The number of carbonyl (C=O) groups is 1. The number of hydrogen-bond donors (Lipinski definition) is 2. The molecule has 0 aliphatic carbocycles. The summed E-state index contributed by atoms with van der Waals surface area (Å²) in [6, 6.07) is 1.15. The van der Waals surface area contributed by atoms with Gasteiger partial charge in [0, 0.05) is 6.07 Å². The van der Waals surface area contributed by atoms with Crippen molar-refractivity contribution < 1.29 is 9.72 Å². The Morgan fingerprint density at radius 1 is 1.67 bits per heavy atom. The van der Waals surface area contributed by atoms with Gasteiger partial charge in [-0.05, 0) is 6.92 Å². The molecule has 2 aromatic heterocycles. The first kappa shape index (κ1) is 12.5. The maximum Gasteiger partial charge on any atom is 0.299 e. The van der Waals surface area contributed by atoms with Crippen LogP contribution >= 0.6 is 22.9 Å². The zero-order valence-electron chi connectivity index (χ0n) is 9.06. The molecular weight excluding hydrogens is 280 g/mol. The first-order valence-electron chi connectivity index (χ1n) is 4.74. The summed E-state index contributed by atoms with van der Waals surface area (Å²) in [6.07, 6.45) is 1.46. The minimum atomic E-state index is -0.626. The van der Waals surface area contributed by atoms with Gasteiger partial charge in [0.05, 0.1) is 22.5 Å². The maximum atomic E-state index is 11.8. The summed E-state index contributed by atoms with van der Waals surface area (Å²) < 4.78 is -0.0194. The van der Waals surface area contributed by atoms with Crippen LogP contribution in [0.3, 0.4) is 0 Å². The lowest BCUT2D eigenvalue weighted by molar-refractivity contribution is -0.384. The monoisotopic (exact) mass is 286 g/mol. The van der Waals surface area contributed by atoms with Crippen LogP contribution in [0.25, 0.3) is 0 Å². The number of nitrogens with zero attached hydrogens (tertiary/aromatic N) is 2. The molecule has 0 fully saturated rings. The minimum Gasteiger partial charge on any atom is -0.318 e. The lowest BCUT2D eigenvalue weighted by Gasteiger charge is -2.00. The molecule has 2 N–H and O–H groups in total. The fraction of sp³-hybridized carbons (Fsp3) is 0.111. The number of H-pyrrole nitrogens is 1. The normalized spacial score (nSPS) is 10.3. The second-order valence-electron chi connectivity index (χ2n) is 3.39. The lowest BCUT2D eigenvalue weighted by Crippen LogP contribution is -2.10. The molecule has 0 saturated heterocycles. The zero-order valence-corrected chi connectivity index (χ0v) is 10.6. The van der Waals surface area contributed by atoms with Crippen molar-refractivity contribution in [3.05, 3.63) is 37.3 Å². The molecule has 0 atom stereocenters. The molecule has 94 valence electrons. The quantitative estimate of drug-likeness (QED) is 0.669. The number of nitro groups is 1. The number of hydrogen-bond acceptors (Lipinski definition) is 5. The molecule has 0 aliphatic rings. The number of halogens is 1. The first-order valence-corrected chi connectivity index (χ1v) is 5.93. The van der Waals surface area contributed by atoms with E-state index in [0.717, 1.165) is 17.4 Å². The number of thiophene rings is 1. The molecule has 0 aliphatic heterocycles. The predicted octanol–water partition coefficient (Wildman–Crippen LogP) is 2.59.